The average Bonchev–Trinajstić information content (AvgIpc) is 3.09. The maximum absolute atomic E-state index is 12.5. The molecule has 1 amide bonds. The number of fused-ring (bicyclic) bond motifs is 1. The van der Waals surface area contributed by atoms with Crippen LogP contribution in [0.1, 0.15) is 23.2 Å². The number of amides is 1. The SMILES string of the molecule is COc1ccc(OCC(=O)N2CCC3(CC(=O)c4ccccc4O3)C2)cc1. The van der Waals surface area contributed by atoms with Gasteiger partial charge in [-0.25, -0.2) is 0 Å². The van der Waals surface area contributed by atoms with E-state index in [4.69, 9.17) is 14.2 Å². The molecule has 1 fully saturated rings. The molecule has 0 saturated carbocycles. The van der Waals surface area contributed by atoms with Gasteiger partial charge in [0.25, 0.3) is 5.91 Å². The fraction of sp³-hybridized carbons (Fsp3) is 0.333. The number of Topliss-reactive ketones (excluding diaryl/α,β-unsaturated/α-hetero) is 1. The highest BCUT2D eigenvalue weighted by Gasteiger charge is 2.46. The monoisotopic (exact) mass is 367 g/mol. The highest BCUT2D eigenvalue weighted by molar-refractivity contribution is 6.00. The van der Waals surface area contributed by atoms with Crippen molar-refractivity contribution >= 4 is 11.7 Å². The van der Waals surface area contributed by atoms with Crippen LogP contribution in [0.2, 0.25) is 0 Å². The van der Waals surface area contributed by atoms with Gasteiger partial charge in [0.15, 0.2) is 12.4 Å². The Kier molecular flexibility index (Phi) is 4.48. The number of benzene rings is 2. The van der Waals surface area contributed by atoms with Crippen molar-refractivity contribution < 1.29 is 23.8 Å². The zero-order valence-corrected chi connectivity index (χ0v) is 15.1. The third-order valence-electron chi connectivity index (χ3n) is 5.09. The summed E-state index contributed by atoms with van der Waals surface area (Å²) in [6.45, 7) is 0.908. The van der Waals surface area contributed by atoms with E-state index in [-0.39, 0.29) is 18.3 Å². The van der Waals surface area contributed by atoms with Crippen LogP contribution in [0, 0.1) is 0 Å². The molecule has 2 aliphatic rings. The van der Waals surface area contributed by atoms with Crippen LogP contribution in [0.3, 0.4) is 0 Å². The van der Waals surface area contributed by atoms with Crippen molar-refractivity contribution in [3.63, 3.8) is 0 Å². The Labute approximate surface area is 157 Å². The Morgan fingerprint density at radius 1 is 1.15 bits per heavy atom. The lowest BCUT2D eigenvalue weighted by atomic mass is 9.89. The minimum atomic E-state index is -0.624. The summed E-state index contributed by atoms with van der Waals surface area (Å²) in [5.74, 6) is 1.90. The van der Waals surface area contributed by atoms with Gasteiger partial charge in [-0.15, -0.1) is 0 Å². The molecule has 0 aromatic heterocycles. The van der Waals surface area contributed by atoms with E-state index in [1.807, 2.05) is 18.2 Å². The summed E-state index contributed by atoms with van der Waals surface area (Å²) in [5, 5.41) is 0. The first kappa shape index (κ1) is 17.4. The van der Waals surface area contributed by atoms with Crippen LogP contribution < -0.4 is 14.2 Å². The smallest absolute Gasteiger partial charge is 0.260 e. The number of hydrogen-bond donors (Lipinski definition) is 0. The van der Waals surface area contributed by atoms with Gasteiger partial charge in [0.05, 0.1) is 25.6 Å². The van der Waals surface area contributed by atoms with Crippen LogP contribution in [0.15, 0.2) is 48.5 Å². The lowest BCUT2D eigenvalue weighted by molar-refractivity contribution is -0.133. The molecule has 2 aliphatic heterocycles. The number of carbonyl (C=O) groups excluding carboxylic acids is 2. The molecule has 1 atom stereocenters. The van der Waals surface area contributed by atoms with Crippen molar-refractivity contribution in [3.8, 4) is 17.2 Å². The van der Waals surface area contributed by atoms with Crippen molar-refractivity contribution in [1.82, 2.24) is 4.90 Å². The molecule has 1 saturated heterocycles. The summed E-state index contributed by atoms with van der Waals surface area (Å²) in [7, 11) is 1.60. The average molecular weight is 367 g/mol. The van der Waals surface area contributed by atoms with Gasteiger partial charge in [-0.3, -0.25) is 9.59 Å². The third-order valence-corrected chi connectivity index (χ3v) is 5.09. The molecule has 6 nitrogen and oxygen atoms in total. The van der Waals surface area contributed by atoms with Gasteiger partial charge >= 0.3 is 0 Å². The maximum Gasteiger partial charge on any atom is 0.260 e. The van der Waals surface area contributed by atoms with E-state index in [1.54, 1.807) is 42.3 Å². The molecule has 0 bridgehead atoms. The fourth-order valence-corrected chi connectivity index (χ4v) is 3.64. The summed E-state index contributed by atoms with van der Waals surface area (Å²) in [6, 6.07) is 14.4. The molecule has 140 valence electrons. The second kappa shape index (κ2) is 6.95. The lowest BCUT2D eigenvalue weighted by Crippen LogP contribution is -2.45. The third kappa shape index (κ3) is 3.47. The lowest BCUT2D eigenvalue weighted by Gasteiger charge is -2.34. The van der Waals surface area contributed by atoms with Crippen molar-refractivity contribution in [1.29, 1.82) is 0 Å². The molecule has 1 spiro atoms. The van der Waals surface area contributed by atoms with Gasteiger partial charge in [0.1, 0.15) is 22.8 Å². The first-order chi connectivity index (χ1) is 13.1. The van der Waals surface area contributed by atoms with Crippen LogP contribution in [-0.4, -0.2) is 49.0 Å². The first-order valence-corrected chi connectivity index (χ1v) is 8.94. The Bertz CT molecular complexity index is 863. The van der Waals surface area contributed by atoms with Crippen LogP contribution in [-0.2, 0) is 4.79 Å². The van der Waals surface area contributed by atoms with Gasteiger partial charge in [0.2, 0.25) is 0 Å². The minimum Gasteiger partial charge on any atom is -0.497 e. The van der Waals surface area contributed by atoms with Gasteiger partial charge in [-0.1, -0.05) is 12.1 Å². The van der Waals surface area contributed by atoms with E-state index >= 15 is 0 Å². The van der Waals surface area contributed by atoms with Gasteiger partial charge in [-0.2, -0.15) is 0 Å². The molecule has 4 rings (SSSR count). The number of carbonyl (C=O) groups is 2. The van der Waals surface area contributed by atoms with Crippen LogP contribution in [0.5, 0.6) is 17.2 Å². The Balaban J connectivity index is 1.37. The number of nitrogens with zero attached hydrogens (tertiary/aromatic N) is 1. The molecule has 6 heteroatoms. The van der Waals surface area contributed by atoms with Crippen molar-refractivity contribution in [2.75, 3.05) is 26.8 Å². The predicted molar refractivity (Wildman–Crippen MR) is 98.4 cm³/mol. The molecular formula is C21H21NO5. The topological polar surface area (TPSA) is 65.1 Å². The predicted octanol–water partition coefficient (Wildman–Crippen LogP) is 2.71. The van der Waals surface area contributed by atoms with Gasteiger partial charge in [-0.05, 0) is 36.4 Å². The van der Waals surface area contributed by atoms with Crippen molar-refractivity contribution in [3.05, 3.63) is 54.1 Å². The summed E-state index contributed by atoms with van der Waals surface area (Å²) < 4.78 is 16.8. The van der Waals surface area contributed by atoms with Gasteiger partial charge < -0.3 is 19.1 Å². The molecule has 1 unspecified atom stereocenters. The normalized spacial score (nSPS) is 20.9. The quantitative estimate of drug-likeness (QED) is 0.831. The zero-order valence-electron chi connectivity index (χ0n) is 15.1. The van der Waals surface area contributed by atoms with E-state index in [9.17, 15) is 9.59 Å². The molecular weight excluding hydrogens is 346 g/mol. The van der Waals surface area contributed by atoms with Crippen molar-refractivity contribution in [2.24, 2.45) is 0 Å². The van der Waals surface area contributed by atoms with E-state index in [0.717, 1.165) is 5.75 Å². The molecule has 2 heterocycles. The summed E-state index contributed by atoms with van der Waals surface area (Å²) >= 11 is 0. The molecule has 2 aromatic carbocycles. The zero-order chi connectivity index (χ0) is 18.9. The Morgan fingerprint density at radius 2 is 1.89 bits per heavy atom. The van der Waals surface area contributed by atoms with Crippen LogP contribution in [0.25, 0.3) is 0 Å². The van der Waals surface area contributed by atoms with E-state index < -0.39 is 5.60 Å². The number of rotatable bonds is 4. The number of methoxy groups -OCH3 is 1. The summed E-state index contributed by atoms with van der Waals surface area (Å²) in [4.78, 5) is 26.7. The second-order valence-electron chi connectivity index (χ2n) is 6.91. The second-order valence-corrected chi connectivity index (χ2v) is 6.91. The fourth-order valence-electron chi connectivity index (χ4n) is 3.64. The number of ether oxygens (including phenoxy) is 3. The standard InChI is InChI=1S/C21H21NO5/c1-25-15-6-8-16(9-7-15)26-13-20(24)22-11-10-21(14-22)12-18(23)17-4-2-3-5-19(17)27-21/h2-9H,10-14H2,1H3. The Morgan fingerprint density at radius 3 is 2.67 bits per heavy atom. The van der Waals surface area contributed by atoms with E-state index in [0.29, 0.717) is 43.0 Å². The first-order valence-electron chi connectivity index (χ1n) is 8.94. The number of likely N-dealkylation sites (tertiary alicyclic amines) is 1. The summed E-state index contributed by atoms with van der Waals surface area (Å²) in [5.41, 5.74) is -0.00274. The van der Waals surface area contributed by atoms with Crippen molar-refractivity contribution in [2.45, 2.75) is 18.4 Å². The molecule has 2 aromatic rings. The minimum absolute atomic E-state index is 0.0487. The molecule has 0 radical (unpaired) electrons. The largest absolute Gasteiger partial charge is 0.497 e. The number of hydrogen-bond acceptors (Lipinski definition) is 5. The van der Waals surface area contributed by atoms with Crippen LogP contribution in [0.4, 0.5) is 0 Å². The molecule has 0 N–H and O–H groups in total. The highest BCUT2D eigenvalue weighted by Crippen LogP contribution is 2.38. The Hall–Kier alpha value is -3.02. The number of para-hydroxylation sites is 1. The van der Waals surface area contributed by atoms with Crippen LogP contribution >= 0.6 is 0 Å². The highest BCUT2D eigenvalue weighted by atomic mass is 16.5. The molecule has 0 aliphatic carbocycles. The van der Waals surface area contributed by atoms with E-state index in [2.05, 4.69) is 0 Å². The van der Waals surface area contributed by atoms with Gasteiger partial charge in [0, 0.05) is 13.0 Å². The molecule has 27 heavy (non-hydrogen) atoms. The maximum atomic E-state index is 12.5. The van der Waals surface area contributed by atoms with E-state index in [1.165, 1.54) is 0 Å². The number of ketones is 1. The summed E-state index contributed by atoms with van der Waals surface area (Å²) in [6.07, 6.45) is 0.939.